The lowest BCUT2D eigenvalue weighted by Crippen LogP contribution is -2.31. The van der Waals surface area contributed by atoms with Gasteiger partial charge < -0.3 is 9.47 Å². The molecule has 0 saturated carbocycles. The minimum Gasteiger partial charge on any atom is -0.341 e. The zero-order valence-corrected chi connectivity index (χ0v) is 16.3. The van der Waals surface area contributed by atoms with Crippen molar-refractivity contribution in [2.24, 2.45) is 0 Å². The Labute approximate surface area is 169 Å². The fraction of sp³-hybridized carbons (Fsp3) is 0.350. The highest BCUT2D eigenvalue weighted by molar-refractivity contribution is 7.98. The van der Waals surface area contributed by atoms with Gasteiger partial charge in [-0.05, 0) is 30.5 Å². The molecule has 0 bridgehead atoms. The highest BCUT2D eigenvalue weighted by atomic mass is 32.2. The summed E-state index contributed by atoms with van der Waals surface area (Å²) >= 11 is 1.32. The first-order valence-corrected chi connectivity index (χ1v) is 10.3. The van der Waals surface area contributed by atoms with Crippen LogP contribution < -0.4 is 0 Å². The number of fused-ring (bicyclic) bond motifs is 1. The summed E-state index contributed by atoms with van der Waals surface area (Å²) in [6.07, 6.45) is 0.934. The standard InChI is InChI=1S/C20H19F3N4OS/c21-20(22,23)15-5-3-4-14(10-15)13-29-19-25-16-6-7-24-11-17(16)27(19)12-18(28)26-8-1-2-9-26/h3-7,10-11H,1-2,8-9,12-13H2. The van der Waals surface area contributed by atoms with Crippen LogP contribution in [0.1, 0.15) is 24.0 Å². The number of benzene rings is 1. The van der Waals surface area contributed by atoms with Gasteiger partial charge in [-0.15, -0.1) is 0 Å². The predicted octanol–water partition coefficient (Wildman–Crippen LogP) is 4.36. The monoisotopic (exact) mass is 420 g/mol. The topological polar surface area (TPSA) is 51.0 Å². The van der Waals surface area contributed by atoms with Gasteiger partial charge in [0, 0.05) is 25.0 Å². The lowest BCUT2D eigenvalue weighted by atomic mass is 10.1. The Bertz CT molecular complexity index is 1030. The average Bonchev–Trinajstić information content (AvgIpc) is 3.35. The number of carbonyl (C=O) groups excluding carboxylic acids is 1. The molecule has 1 saturated heterocycles. The van der Waals surface area contributed by atoms with E-state index in [0.717, 1.165) is 43.6 Å². The first-order valence-electron chi connectivity index (χ1n) is 9.29. The number of imidazole rings is 1. The minimum atomic E-state index is -4.37. The third-order valence-electron chi connectivity index (χ3n) is 4.89. The second-order valence-corrected chi connectivity index (χ2v) is 7.86. The van der Waals surface area contributed by atoms with Crippen LogP contribution in [0.4, 0.5) is 13.2 Å². The average molecular weight is 420 g/mol. The largest absolute Gasteiger partial charge is 0.416 e. The highest BCUT2D eigenvalue weighted by Crippen LogP contribution is 2.32. The molecule has 29 heavy (non-hydrogen) atoms. The van der Waals surface area contributed by atoms with Crippen molar-refractivity contribution in [3.8, 4) is 0 Å². The van der Waals surface area contributed by atoms with Crippen LogP contribution >= 0.6 is 11.8 Å². The fourth-order valence-electron chi connectivity index (χ4n) is 3.40. The summed E-state index contributed by atoms with van der Waals surface area (Å²) < 4.78 is 40.7. The summed E-state index contributed by atoms with van der Waals surface area (Å²) in [5.74, 6) is 0.338. The molecule has 1 aliphatic heterocycles. The molecule has 1 aliphatic rings. The number of thioether (sulfide) groups is 1. The molecule has 0 atom stereocenters. The molecule has 1 aromatic carbocycles. The van der Waals surface area contributed by atoms with Crippen LogP contribution in [-0.2, 0) is 23.3 Å². The van der Waals surface area contributed by atoms with Gasteiger partial charge >= 0.3 is 6.18 Å². The number of pyridine rings is 1. The van der Waals surface area contributed by atoms with Crippen molar-refractivity contribution in [2.75, 3.05) is 13.1 Å². The number of rotatable bonds is 5. The van der Waals surface area contributed by atoms with Crippen molar-refractivity contribution in [2.45, 2.75) is 36.5 Å². The number of alkyl halides is 3. The third-order valence-corrected chi connectivity index (χ3v) is 5.94. The van der Waals surface area contributed by atoms with E-state index < -0.39 is 11.7 Å². The summed E-state index contributed by atoms with van der Waals surface area (Å²) in [6, 6.07) is 7.04. The molecular formula is C20H19F3N4OS. The molecule has 1 amide bonds. The molecular weight excluding hydrogens is 401 g/mol. The lowest BCUT2D eigenvalue weighted by Gasteiger charge is -2.17. The van der Waals surface area contributed by atoms with Crippen molar-refractivity contribution in [3.05, 3.63) is 53.9 Å². The molecule has 3 heterocycles. The van der Waals surface area contributed by atoms with Crippen LogP contribution in [-0.4, -0.2) is 38.4 Å². The second-order valence-electron chi connectivity index (χ2n) is 6.92. The van der Waals surface area contributed by atoms with E-state index >= 15 is 0 Å². The zero-order valence-electron chi connectivity index (χ0n) is 15.5. The van der Waals surface area contributed by atoms with Crippen LogP contribution in [0, 0.1) is 0 Å². The molecule has 5 nitrogen and oxygen atoms in total. The number of halogens is 3. The maximum Gasteiger partial charge on any atom is 0.416 e. The first-order chi connectivity index (χ1) is 13.9. The van der Waals surface area contributed by atoms with Gasteiger partial charge in [0.1, 0.15) is 6.54 Å². The molecule has 0 spiro atoms. The van der Waals surface area contributed by atoms with Gasteiger partial charge in [-0.25, -0.2) is 4.98 Å². The van der Waals surface area contributed by atoms with E-state index in [2.05, 4.69) is 9.97 Å². The van der Waals surface area contributed by atoms with Crippen LogP contribution in [0.25, 0.3) is 11.0 Å². The highest BCUT2D eigenvalue weighted by Gasteiger charge is 2.30. The molecule has 2 aromatic heterocycles. The minimum absolute atomic E-state index is 0.0200. The lowest BCUT2D eigenvalue weighted by molar-refractivity contribution is -0.137. The molecule has 0 radical (unpaired) electrons. The predicted molar refractivity (Wildman–Crippen MR) is 104 cm³/mol. The second kappa shape index (κ2) is 8.06. The maximum absolute atomic E-state index is 13.0. The zero-order chi connectivity index (χ0) is 20.4. The maximum atomic E-state index is 13.0. The molecule has 4 rings (SSSR count). The number of likely N-dealkylation sites (tertiary alicyclic amines) is 1. The molecule has 0 N–H and O–H groups in total. The van der Waals surface area contributed by atoms with Gasteiger partial charge in [-0.2, -0.15) is 13.2 Å². The first kappa shape index (κ1) is 19.8. The van der Waals surface area contributed by atoms with E-state index in [4.69, 9.17) is 0 Å². The molecule has 0 unspecified atom stereocenters. The van der Waals surface area contributed by atoms with Crippen molar-refractivity contribution in [3.63, 3.8) is 0 Å². The van der Waals surface area contributed by atoms with Crippen molar-refractivity contribution >= 4 is 28.7 Å². The van der Waals surface area contributed by atoms with Gasteiger partial charge in [0.2, 0.25) is 5.91 Å². The summed E-state index contributed by atoms with van der Waals surface area (Å²) in [7, 11) is 0. The van der Waals surface area contributed by atoms with E-state index in [1.165, 1.54) is 17.8 Å². The normalized spacial score (nSPS) is 14.7. The van der Waals surface area contributed by atoms with Crippen LogP contribution in [0.2, 0.25) is 0 Å². The summed E-state index contributed by atoms with van der Waals surface area (Å²) in [5, 5.41) is 0.595. The van der Waals surface area contributed by atoms with Gasteiger partial charge in [0.05, 0.1) is 22.8 Å². The summed E-state index contributed by atoms with van der Waals surface area (Å²) in [5.41, 5.74) is 1.33. The Kier molecular flexibility index (Phi) is 5.49. The Hall–Kier alpha value is -2.55. The van der Waals surface area contributed by atoms with Crippen molar-refractivity contribution < 1.29 is 18.0 Å². The SMILES string of the molecule is O=C(Cn1c(SCc2cccc(C(F)(F)F)c2)nc2ccncc21)N1CCCC1. The smallest absolute Gasteiger partial charge is 0.341 e. The van der Waals surface area contributed by atoms with E-state index in [-0.39, 0.29) is 12.5 Å². The summed E-state index contributed by atoms with van der Waals surface area (Å²) in [6.45, 7) is 1.67. The van der Waals surface area contributed by atoms with Gasteiger partial charge in [-0.1, -0.05) is 30.0 Å². The van der Waals surface area contributed by atoms with Gasteiger partial charge in [-0.3, -0.25) is 9.78 Å². The number of nitrogens with zero attached hydrogens (tertiary/aromatic N) is 4. The van der Waals surface area contributed by atoms with Crippen LogP contribution in [0.5, 0.6) is 0 Å². The number of aromatic nitrogens is 3. The Morgan fingerprint density at radius 1 is 1.17 bits per heavy atom. The fourth-order valence-corrected chi connectivity index (χ4v) is 4.35. The van der Waals surface area contributed by atoms with E-state index in [1.807, 2.05) is 4.90 Å². The van der Waals surface area contributed by atoms with Crippen LogP contribution in [0.15, 0.2) is 47.9 Å². The number of amides is 1. The quantitative estimate of drug-likeness (QED) is 0.576. The van der Waals surface area contributed by atoms with Gasteiger partial charge in [0.15, 0.2) is 5.16 Å². The molecule has 3 aromatic rings. The van der Waals surface area contributed by atoms with Gasteiger partial charge in [0.25, 0.3) is 0 Å². The molecule has 9 heteroatoms. The number of carbonyl (C=O) groups is 1. The summed E-state index contributed by atoms with van der Waals surface area (Å²) in [4.78, 5) is 23.2. The Balaban J connectivity index is 1.58. The van der Waals surface area contributed by atoms with Crippen LogP contribution in [0.3, 0.4) is 0 Å². The number of hydrogen-bond donors (Lipinski definition) is 0. The van der Waals surface area contributed by atoms with E-state index in [9.17, 15) is 18.0 Å². The van der Waals surface area contributed by atoms with Crippen molar-refractivity contribution in [1.82, 2.24) is 19.4 Å². The molecule has 152 valence electrons. The van der Waals surface area contributed by atoms with Crippen molar-refractivity contribution in [1.29, 1.82) is 0 Å². The van der Waals surface area contributed by atoms with E-state index in [1.54, 1.807) is 29.1 Å². The number of hydrogen-bond acceptors (Lipinski definition) is 4. The third kappa shape index (κ3) is 4.39. The molecule has 0 aliphatic carbocycles. The van der Waals surface area contributed by atoms with E-state index in [0.29, 0.717) is 22.0 Å². The Morgan fingerprint density at radius 3 is 2.72 bits per heavy atom. The molecule has 1 fully saturated rings. The Morgan fingerprint density at radius 2 is 1.97 bits per heavy atom.